The van der Waals surface area contributed by atoms with Gasteiger partial charge in [-0.05, 0) is 84.9 Å². The van der Waals surface area contributed by atoms with Crippen LogP contribution in [0.25, 0.3) is 0 Å². The number of ketones is 2. The number of carboxylic acids is 1. The van der Waals surface area contributed by atoms with Crippen LogP contribution in [0.5, 0.6) is 0 Å². The maximum absolute atomic E-state index is 13.4. The van der Waals surface area contributed by atoms with Gasteiger partial charge >= 0.3 is 5.97 Å². The lowest BCUT2D eigenvalue weighted by Crippen LogP contribution is -2.56. The number of Topliss-reactive ketones (excluding diaryl/α,β-unsaturated/α-hetero) is 2. The van der Waals surface area contributed by atoms with Crippen LogP contribution in [0.1, 0.15) is 113 Å². The quantitative estimate of drug-likeness (QED) is 0.482. The van der Waals surface area contributed by atoms with Gasteiger partial charge in [0.05, 0.1) is 5.92 Å². The summed E-state index contributed by atoms with van der Waals surface area (Å²) in [6.07, 6.45) is 9.52. The number of aliphatic carboxylic acids is 1. The fourth-order valence-corrected chi connectivity index (χ4v) is 8.40. The Morgan fingerprint density at radius 2 is 1.67 bits per heavy atom. The molecule has 0 amide bonds. The Kier molecular flexibility index (Phi) is 7.57. The lowest BCUT2D eigenvalue weighted by atomic mass is 9.44. The normalized spacial score (nSPS) is 41.2. The molecule has 8 atom stereocenters. The summed E-state index contributed by atoms with van der Waals surface area (Å²) in [7, 11) is 0. The zero-order valence-corrected chi connectivity index (χ0v) is 22.2. The number of hydrogen-bond donors (Lipinski definition) is 1. The van der Waals surface area contributed by atoms with Gasteiger partial charge in [0.15, 0.2) is 0 Å². The second-order valence-corrected chi connectivity index (χ2v) is 12.8. The number of hydrogen-bond acceptors (Lipinski definition) is 3. The van der Waals surface area contributed by atoms with E-state index in [1.54, 1.807) is 0 Å². The summed E-state index contributed by atoms with van der Waals surface area (Å²) in [6, 6.07) is 0. The molecule has 0 aromatic rings. The van der Waals surface area contributed by atoms with Crippen molar-refractivity contribution in [2.24, 2.45) is 51.8 Å². The Morgan fingerprint density at radius 3 is 2.30 bits per heavy atom. The van der Waals surface area contributed by atoms with Gasteiger partial charge in [-0.2, -0.15) is 0 Å². The van der Waals surface area contributed by atoms with Crippen LogP contribution in [-0.2, 0) is 14.4 Å². The van der Waals surface area contributed by atoms with E-state index < -0.39 is 5.97 Å². The molecule has 0 spiro atoms. The van der Waals surface area contributed by atoms with Crippen molar-refractivity contribution in [3.63, 3.8) is 0 Å². The zero-order chi connectivity index (χ0) is 24.8. The summed E-state index contributed by atoms with van der Waals surface area (Å²) >= 11 is 0. The molecule has 33 heavy (non-hydrogen) atoms. The minimum absolute atomic E-state index is 0.158. The maximum atomic E-state index is 13.4. The van der Waals surface area contributed by atoms with Gasteiger partial charge in [0.2, 0.25) is 0 Å². The van der Waals surface area contributed by atoms with E-state index in [2.05, 4.69) is 27.7 Å². The van der Waals surface area contributed by atoms with Crippen LogP contribution >= 0.6 is 0 Å². The number of carboxylic acid groups (broad SMARTS) is 1. The first kappa shape index (κ1) is 26.4. The molecule has 0 aromatic carbocycles. The third kappa shape index (κ3) is 4.45. The van der Waals surface area contributed by atoms with Gasteiger partial charge in [0.25, 0.3) is 0 Å². The number of rotatable bonds is 5. The molecule has 8 unspecified atom stereocenters. The van der Waals surface area contributed by atoms with Crippen LogP contribution in [0.3, 0.4) is 0 Å². The third-order valence-corrected chi connectivity index (χ3v) is 11.2. The molecule has 1 N–H and O–H groups in total. The average molecular weight is 461 g/mol. The van der Waals surface area contributed by atoms with Crippen molar-refractivity contribution in [2.45, 2.75) is 113 Å². The topological polar surface area (TPSA) is 71.4 Å². The molecule has 188 valence electrons. The van der Waals surface area contributed by atoms with Crippen molar-refractivity contribution in [3.05, 3.63) is 0 Å². The van der Waals surface area contributed by atoms with Gasteiger partial charge in [0.1, 0.15) is 11.6 Å². The van der Waals surface area contributed by atoms with E-state index >= 15 is 0 Å². The Hall–Kier alpha value is -1.19. The van der Waals surface area contributed by atoms with E-state index in [1.807, 2.05) is 20.8 Å². The van der Waals surface area contributed by atoms with Crippen LogP contribution in [-0.4, -0.2) is 22.6 Å². The molecule has 4 saturated carbocycles. The van der Waals surface area contributed by atoms with E-state index in [0.29, 0.717) is 48.6 Å². The Morgan fingerprint density at radius 1 is 1.03 bits per heavy atom. The monoisotopic (exact) mass is 460 g/mol. The van der Waals surface area contributed by atoms with E-state index in [-0.39, 0.29) is 34.0 Å². The molecule has 0 aromatic heterocycles. The molecule has 0 aliphatic heterocycles. The SMILES string of the molecule is CC.CC(C(=O)O)C(C)(C)CCC1CCC2C3C(=O)CC4CC(=O)CCC4(C)C3CCC12C. The smallest absolute Gasteiger partial charge is 0.306 e. The highest BCUT2D eigenvalue weighted by Crippen LogP contribution is 2.67. The molecule has 4 rings (SSSR count). The molecule has 4 aliphatic carbocycles. The largest absolute Gasteiger partial charge is 0.481 e. The summed E-state index contributed by atoms with van der Waals surface area (Å²) in [4.78, 5) is 37.1. The molecule has 0 radical (unpaired) electrons. The van der Waals surface area contributed by atoms with E-state index in [9.17, 15) is 19.5 Å². The molecule has 0 saturated heterocycles. The van der Waals surface area contributed by atoms with Crippen LogP contribution in [0, 0.1) is 51.8 Å². The highest BCUT2D eigenvalue weighted by Gasteiger charge is 2.62. The highest BCUT2D eigenvalue weighted by atomic mass is 16.4. The first-order valence-corrected chi connectivity index (χ1v) is 13.7. The first-order chi connectivity index (χ1) is 15.4. The average Bonchev–Trinajstić information content (AvgIpc) is 3.10. The molecular weight excluding hydrogens is 412 g/mol. The Bertz CT molecular complexity index is 770. The van der Waals surface area contributed by atoms with Crippen molar-refractivity contribution >= 4 is 17.5 Å². The molecule has 4 heteroatoms. The van der Waals surface area contributed by atoms with Crippen molar-refractivity contribution < 1.29 is 19.5 Å². The number of carbonyl (C=O) groups excluding carboxylic acids is 2. The predicted molar refractivity (Wildman–Crippen MR) is 132 cm³/mol. The highest BCUT2D eigenvalue weighted by molar-refractivity contribution is 5.86. The minimum atomic E-state index is -0.706. The summed E-state index contributed by atoms with van der Waals surface area (Å²) in [6.45, 7) is 14.8. The lowest BCUT2D eigenvalue weighted by molar-refractivity contribution is -0.158. The number of carbonyl (C=O) groups is 3. The van der Waals surface area contributed by atoms with Crippen molar-refractivity contribution in [1.82, 2.24) is 0 Å². The predicted octanol–water partition coefficient (Wildman–Crippen LogP) is 6.95. The van der Waals surface area contributed by atoms with Gasteiger partial charge in [-0.3, -0.25) is 14.4 Å². The molecular formula is C29H48O4. The fourth-order valence-electron chi connectivity index (χ4n) is 8.40. The molecule has 4 aliphatic rings. The van der Waals surface area contributed by atoms with E-state index in [0.717, 1.165) is 32.1 Å². The number of fused-ring (bicyclic) bond motifs is 5. The summed E-state index contributed by atoms with van der Waals surface area (Å²) < 4.78 is 0. The zero-order valence-electron chi connectivity index (χ0n) is 22.2. The second kappa shape index (κ2) is 9.46. The minimum Gasteiger partial charge on any atom is -0.481 e. The third-order valence-electron chi connectivity index (χ3n) is 11.2. The summed E-state index contributed by atoms with van der Waals surface area (Å²) in [5.41, 5.74) is 0.144. The summed E-state index contributed by atoms with van der Waals surface area (Å²) in [5, 5.41) is 9.48. The van der Waals surface area contributed by atoms with Crippen molar-refractivity contribution in [3.8, 4) is 0 Å². The Labute approximate surface area is 201 Å². The molecule has 0 heterocycles. The summed E-state index contributed by atoms with van der Waals surface area (Å²) in [5.74, 6) is 1.71. The van der Waals surface area contributed by atoms with Crippen LogP contribution in [0.15, 0.2) is 0 Å². The van der Waals surface area contributed by atoms with Crippen LogP contribution in [0.4, 0.5) is 0 Å². The lowest BCUT2D eigenvalue weighted by Gasteiger charge is -2.59. The van der Waals surface area contributed by atoms with Crippen molar-refractivity contribution in [1.29, 1.82) is 0 Å². The van der Waals surface area contributed by atoms with Gasteiger partial charge in [-0.1, -0.05) is 48.5 Å². The standard InChI is InChI=1S/C27H42O4.C2H6/c1-16(24(30)31)25(2,3)11-8-17-6-7-20-23-21(10-13-26(17,20)4)27(5)12-9-19(28)14-18(27)15-22(23)29;1-2/h16-18,20-21,23H,6-15H2,1-5H3,(H,30,31);1-2H3. The maximum Gasteiger partial charge on any atom is 0.306 e. The molecule has 0 bridgehead atoms. The van der Waals surface area contributed by atoms with E-state index in [1.165, 1.54) is 12.8 Å². The molecule has 4 fully saturated rings. The Balaban J connectivity index is 0.00000149. The van der Waals surface area contributed by atoms with Crippen molar-refractivity contribution in [2.75, 3.05) is 0 Å². The first-order valence-electron chi connectivity index (χ1n) is 13.7. The van der Waals surface area contributed by atoms with Crippen LogP contribution < -0.4 is 0 Å². The second-order valence-electron chi connectivity index (χ2n) is 12.8. The van der Waals surface area contributed by atoms with Gasteiger partial charge in [-0.15, -0.1) is 0 Å². The fraction of sp³-hybridized carbons (Fsp3) is 0.897. The van der Waals surface area contributed by atoms with Gasteiger partial charge in [0, 0.05) is 25.2 Å². The van der Waals surface area contributed by atoms with Crippen LogP contribution in [0.2, 0.25) is 0 Å². The van der Waals surface area contributed by atoms with Gasteiger partial charge in [-0.25, -0.2) is 0 Å². The van der Waals surface area contributed by atoms with Gasteiger partial charge < -0.3 is 5.11 Å². The molecule has 4 nitrogen and oxygen atoms in total. The van der Waals surface area contributed by atoms with E-state index in [4.69, 9.17) is 0 Å².